The first-order chi connectivity index (χ1) is 8.56. The number of halogens is 2. The maximum absolute atomic E-state index is 12.3. The van der Waals surface area contributed by atoms with Crippen LogP contribution in [-0.4, -0.2) is 49.6 Å². The first-order valence-electron chi connectivity index (χ1n) is 7.25. The predicted molar refractivity (Wildman–Crippen MR) is 90.1 cm³/mol. The van der Waals surface area contributed by atoms with Gasteiger partial charge < -0.3 is 10.6 Å². The number of likely N-dealkylation sites (tertiary alicyclic amines) is 1. The van der Waals surface area contributed by atoms with Gasteiger partial charge in [-0.15, -0.1) is 24.8 Å². The van der Waals surface area contributed by atoms with E-state index in [9.17, 15) is 4.79 Å². The van der Waals surface area contributed by atoms with Gasteiger partial charge in [-0.3, -0.25) is 9.69 Å². The lowest BCUT2D eigenvalue weighted by Gasteiger charge is -2.36. The Balaban J connectivity index is 0. The van der Waals surface area contributed by atoms with E-state index in [0.29, 0.717) is 18.5 Å². The lowest BCUT2D eigenvalue weighted by atomic mass is 9.98. The smallest absolute Gasteiger partial charge is 0.237 e. The number of hydrogen-bond donors (Lipinski definition) is 2. The zero-order valence-corrected chi connectivity index (χ0v) is 14.8. The van der Waals surface area contributed by atoms with Crippen molar-refractivity contribution in [3.05, 3.63) is 0 Å². The van der Waals surface area contributed by atoms with Crippen LogP contribution in [0.4, 0.5) is 0 Å². The maximum Gasteiger partial charge on any atom is 0.237 e. The Morgan fingerprint density at radius 2 is 1.65 bits per heavy atom. The van der Waals surface area contributed by atoms with Gasteiger partial charge in [-0.05, 0) is 45.8 Å². The SMILES string of the molecule is CNC(C)CNC(=O)C(C(C)C)N1CCCCC1.Cl.Cl. The molecule has 0 spiro atoms. The molecule has 0 saturated carbocycles. The van der Waals surface area contributed by atoms with Crippen LogP contribution in [0.3, 0.4) is 0 Å². The molecule has 20 heavy (non-hydrogen) atoms. The average Bonchev–Trinajstić information content (AvgIpc) is 2.37. The van der Waals surface area contributed by atoms with E-state index in [2.05, 4.69) is 36.3 Å². The van der Waals surface area contributed by atoms with Gasteiger partial charge in [0.05, 0.1) is 6.04 Å². The quantitative estimate of drug-likeness (QED) is 0.784. The molecule has 2 N–H and O–H groups in total. The number of hydrogen-bond acceptors (Lipinski definition) is 3. The van der Waals surface area contributed by atoms with E-state index < -0.39 is 0 Å². The standard InChI is InChI=1S/C14H29N3O.2ClH/c1-11(2)13(17-8-6-5-7-9-17)14(18)16-10-12(3)15-4;;/h11-13,15H,5-10H2,1-4H3,(H,16,18);2*1H. The second-order valence-electron chi connectivity index (χ2n) is 5.72. The molecule has 6 heteroatoms. The van der Waals surface area contributed by atoms with Crippen LogP contribution in [0.5, 0.6) is 0 Å². The Morgan fingerprint density at radius 1 is 1.10 bits per heavy atom. The van der Waals surface area contributed by atoms with Crippen molar-refractivity contribution >= 4 is 30.7 Å². The fourth-order valence-electron chi connectivity index (χ4n) is 2.55. The Hall–Kier alpha value is -0.0300. The maximum atomic E-state index is 12.3. The highest BCUT2D eigenvalue weighted by molar-refractivity contribution is 5.85. The van der Waals surface area contributed by atoms with Crippen LogP contribution in [0.15, 0.2) is 0 Å². The molecule has 1 fully saturated rings. The fraction of sp³-hybridized carbons (Fsp3) is 0.929. The molecule has 1 rings (SSSR count). The Morgan fingerprint density at radius 3 is 2.10 bits per heavy atom. The molecule has 2 atom stereocenters. The summed E-state index contributed by atoms with van der Waals surface area (Å²) < 4.78 is 0. The summed E-state index contributed by atoms with van der Waals surface area (Å²) in [6, 6.07) is 0.359. The summed E-state index contributed by atoms with van der Waals surface area (Å²) in [4.78, 5) is 14.7. The van der Waals surface area contributed by atoms with Crippen LogP contribution in [-0.2, 0) is 4.79 Å². The normalized spacial score (nSPS) is 18.6. The highest BCUT2D eigenvalue weighted by Crippen LogP contribution is 2.17. The van der Waals surface area contributed by atoms with Gasteiger partial charge in [-0.25, -0.2) is 0 Å². The topological polar surface area (TPSA) is 44.4 Å². The second-order valence-corrected chi connectivity index (χ2v) is 5.72. The van der Waals surface area contributed by atoms with E-state index in [1.807, 2.05) is 7.05 Å². The van der Waals surface area contributed by atoms with Gasteiger partial charge in [0.25, 0.3) is 0 Å². The van der Waals surface area contributed by atoms with E-state index >= 15 is 0 Å². The second kappa shape index (κ2) is 11.6. The summed E-state index contributed by atoms with van der Waals surface area (Å²) >= 11 is 0. The summed E-state index contributed by atoms with van der Waals surface area (Å²) in [5.74, 6) is 0.557. The number of carbonyl (C=O) groups excluding carboxylic acids is 1. The van der Waals surface area contributed by atoms with Crippen LogP contribution in [0.2, 0.25) is 0 Å². The molecular formula is C14H31Cl2N3O. The van der Waals surface area contributed by atoms with Gasteiger partial charge >= 0.3 is 0 Å². The van der Waals surface area contributed by atoms with Crippen LogP contribution in [0, 0.1) is 5.92 Å². The van der Waals surface area contributed by atoms with E-state index in [-0.39, 0.29) is 36.8 Å². The van der Waals surface area contributed by atoms with E-state index in [1.165, 1.54) is 19.3 Å². The van der Waals surface area contributed by atoms with Crippen LogP contribution >= 0.6 is 24.8 Å². The first-order valence-corrected chi connectivity index (χ1v) is 7.25. The zero-order valence-electron chi connectivity index (χ0n) is 13.1. The third kappa shape index (κ3) is 7.11. The van der Waals surface area contributed by atoms with Gasteiger partial charge in [-0.1, -0.05) is 20.3 Å². The minimum absolute atomic E-state index is 0. The lowest BCUT2D eigenvalue weighted by Crippen LogP contribution is -2.53. The molecule has 0 aliphatic carbocycles. The lowest BCUT2D eigenvalue weighted by molar-refractivity contribution is -0.128. The molecule has 0 aromatic carbocycles. The first kappa shape index (κ1) is 22.3. The summed E-state index contributed by atoms with van der Waals surface area (Å²) in [5.41, 5.74) is 0. The van der Waals surface area contributed by atoms with Gasteiger partial charge in [0, 0.05) is 12.6 Å². The number of piperidine rings is 1. The molecule has 0 aromatic heterocycles. The molecule has 1 heterocycles. The van der Waals surface area contributed by atoms with E-state index in [4.69, 9.17) is 0 Å². The largest absolute Gasteiger partial charge is 0.353 e. The minimum atomic E-state index is 0. The summed E-state index contributed by atoms with van der Waals surface area (Å²) in [7, 11) is 1.92. The molecule has 0 bridgehead atoms. The van der Waals surface area contributed by atoms with Gasteiger partial charge in [0.15, 0.2) is 0 Å². The molecule has 1 saturated heterocycles. The molecule has 0 radical (unpaired) electrons. The monoisotopic (exact) mass is 327 g/mol. The van der Waals surface area contributed by atoms with Crippen molar-refractivity contribution in [3.63, 3.8) is 0 Å². The zero-order chi connectivity index (χ0) is 13.5. The van der Waals surface area contributed by atoms with Crippen LogP contribution in [0.25, 0.3) is 0 Å². The minimum Gasteiger partial charge on any atom is -0.353 e. The van der Waals surface area contributed by atoms with E-state index in [1.54, 1.807) is 0 Å². The van der Waals surface area contributed by atoms with E-state index in [0.717, 1.165) is 13.1 Å². The number of nitrogens with one attached hydrogen (secondary N) is 2. The summed E-state index contributed by atoms with van der Waals surface area (Å²) in [5, 5.41) is 6.21. The van der Waals surface area contributed by atoms with Crippen LogP contribution in [0.1, 0.15) is 40.0 Å². The number of likely N-dealkylation sites (N-methyl/N-ethyl adjacent to an activating group) is 1. The molecule has 122 valence electrons. The van der Waals surface area contributed by atoms with Gasteiger partial charge in [0.2, 0.25) is 5.91 Å². The Labute approximate surface area is 136 Å². The van der Waals surface area contributed by atoms with Gasteiger partial charge in [0.1, 0.15) is 0 Å². The molecule has 1 amide bonds. The van der Waals surface area contributed by atoms with Crippen molar-refractivity contribution in [1.29, 1.82) is 0 Å². The molecule has 1 aliphatic heterocycles. The summed E-state index contributed by atoms with van der Waals surface area (Å²) in [6.45, 7) is 9.19. The third-order valence-electron chi connectivity index (χ3n) is 3.76. The third-order valence-corrected chi connectivity index (χ3v) is 3.76. The van der Waals surface area contributed by atoms with Gasteiger partial charge in [-0.2, -0.15) is 0 Å². The molecule has 0 aromatic rings. The van der Waals surface area contributed by atoms with Crippen molar-refractivity contribution in [2.24, 2.45) is 5.92 Å². The van der Waals surface area contributed by atoms with Crippen molar-refractivity contribution in [2.75, 3.05) is 26.7 Å². The molecule has 1 aliphatic rings. The highest BCUT2D eigenvalue weighted by Gasteiger charge is 2.29. The Bertz CT molecular complexity index is 259. The van der Waals surface area contributed by atoms with Crippen molar-refractivity contribution in [3.8, 4) is 0 Å². The number of amides is 1. The predicted octanol–water partition coefficient (Wildman–Crippen LogP) is 2.06. The molecular weight excluding hydrogens is 297 g/mol. The van der Waals surface area contributed by atoms with Crippen molar-refractivity contribution in [1.82, 2.24) is 15.5 Å². The average molecular weight is 328 g/mol. The number of rotatable bonds is 6. The Kier molecular flexibility index (Phi) is 12.9. The molecule has 2 unspecified atom stereocenters. The fourth-order valence-corrected chi connectivity index (χ4v) is 2.55. The summed E-state index contributed by atoms with van der Waals surface area (Å²) in [6.07, 6.45) is 3.76. The van der Waals surface area contributed by atoms with Crippen molar-refractivity contribution in [2.45, 2.75) is 52.1 Å². The number of carbonyl (C=O) groups is 1. The molecule has 4 nitrogen and oxygen atoms in total. The highest BCUT2D eigenvalue weighted by atomic mass is 35.5. The van der Waals surface area contributed by atoms with Crippen LogP contribution < -0.4 is 10.6 Å². The number of nitrogens with zero attached hydrogens (tertiary/aromatic N) is 1. The van der Waals surface area contributed by atoms with Crippen molar-refractivity contribution < 1.29 is 4.79 Å².